The lowest BCUT2D eigenvalue weighted by Crippen LogP contribution is -2.35. The van der Waals surface area contributed by atoms with E-state index < -0.39 is 11.9 Å². The summed E-state index contributed by atoms with van der Waals surface area (Å²) in [6.45, 7) is 4.04. The molecular weight excluding hydrogens is 372 g/mol. The second kappa shape index (κ2) is 9.86. The van der Waals surface area contributed by atoms with Crippen molar-refractivity contribution in [3.63, 3.8) is 0 Å². The first-order chi connectivity index (χ1) is 14.1. The molecule has 7 nitrogen and oxygen atoms in total. The molecule has 0 unspecified atom stereocenters. The Balaban J connectivity index is 1.67. The first-order valence-corrected chi connectivity index (χ1v) is 9.35. The monoisotopic (exact) mass is 396 g/mol. The molecule has 0 bridgehead atoms. The molecule has 1 fully saturated rings. The van der Waals surface area contributed by atoms with Crippen LogP contribution in [0.15, 0.2) is 48.5 Å². The number of amides is 1. The van der Waals surface area contributed by atoms with Crippen molar-refractivity contribution >= 4 is 23.6 Å². The molecule has 1 aliphatic heterocycles. The number of benzene rings is 2. The lowest BCUT2D eigenvalue weighted by molar-refractivity contribution is -0.111. The molecule has 0 spiro atoms. The van der Waals surface area contributed by atoms with Crippen LogP contribution in [0.25, 0.3) is 6.08 Å². The Bertz CT molecular complexity index is 904. The fourth-order valence-corrected chi connectivity index (χ4v) is 3.12. The van der Waals surface area contributed by atoms with E-state index in [0.29, 0.717) is 0 Å². The number of anilines is 1. The van der Waals surface area contributed by atoms with E-state index in [9.17, 15) is 14.7 Å². The fraction of sp³-hybridized carbons (Fsp3) is 0.273. The lowest BCUT2D eigenvalue weighted by atomic mass is 10.1. The molecule has 0 radical (unpaired) electrons. The third-order valence-electron chi connectivity index (χ3n) is 4.65. The van der Waals surface area contributed by atoms with Gasteiger partial charge in [-0.15, -0.1) is 0 Å². The Labute approximate surface area is 169 Å². The van der Waals surface area contributed by atoms with Crippen LogP contribution in [0, 0.1) is 0 Å². The molecule has 152 valence electrons. The summed E-state index contributed by atoms with van der Waals surface area (Å²) in [7, 11) is 1.63. The Kier molecular flexibility index (Phi) is 6.99. The number of hydrogen-bond donors (Lipinski definition) is 2. The van der Waals surface area contributed by atoms with Gasteiger partial charge in [0.15, 0.2) is 0 Å². The van der Waals surface area contributed by atoms with E-state index in [2.05, 4.69) is 10.2 Å². The molecule has 2 N–H and O–H groups in total. The highest BCUT2D eigenvalue weighted by Gasteiger charge is 2.14. The van der Waals surface area contributed by atoms with Crippen LogP contribution in [-0.4, -0.2) is 55.3 Å². The van der Waals surface area contributed by atoms with Gasteiger partial charge in [0, 0.05) is 31.3 Å². The fourth-order valence-electron chi connectivity index (χ4n) is 3.12. The van der Waals surface area contributed by atoms with Gasteiger partial charge < -0.3 is 19.9 Å². The summed E-state index contributed by atoms with van der Waals surface area (Å²) >= 11 is 0. The van der Waals surface area contributed by atoms with Gasteiger partial charge in [0.2, 0.25) is 5.91 Å². The van der Waals surface area contributed by atoms with Gasteiger partial charge in [-0.05, 0) is 29.8 Å². The van der Waals surface area contributed by atoms with Crippen LogP contribution in [0.2, 0.25) is 0 Å². The number of para-hydroxylation sites is 1. The highest BCUT2D eigenvalue weighted by molar-refractivity contribution is 6.06. The van der Waals surface area contributed by atoms with Crippen molar-refractivity contribution in [1.29, 1.82) is 0 Å². The quantitative estimate of drug-likeness (QED) is 0.700. The van der Waals surface area contributed by atoms with Gasteiger partial charge in [-0.3, -0.25) is 9.69 Å². The van der Waals surface area contributed by atoms with E-state index in [1.807, 2.05) is 18.2 Å². The Morgan fingerprint density at radius 2 is 1.97 bits per heavy atom. The summed E-state index contributed by atoms with van der Waals surface area (Å²) < 4.78 is 10.9. The Hall–Kier alpha value is -3.16. The van der Waals surface area contributed by atoms with Gasteiger partial charge in [-0.1, -0.05) is 24.3 Å². The molecule has 0 atom stereocenters. The van der Waals surface area contributed by atoms with E-state index >= 15 is 0 Å². The molecule has 1 saturated heterocycles. The molecule has 29 heavy (non-hydrogen) atoms. The third kappa shape index (κ3) is 5.66. The van der Waals surface area contributed by atoms with Crippen LogP contribution in [0.5, 0.6) is 5.75 Å². The van der Waals surface area contributed by atoms with Crippen LogP contribution >= 0.6 is 0 Å². The molecule has 0 aliphatic carbocycles. The number of hydrogen-bond acceptors (Lipinski definition) is 5. The molecule has 2 aromatic rings. The predicted molar refractivity (Wildman–Crippen MR) is 110 cm³/mol. The van der Waals surface area contributed by atoms with Crippen molar-refractivity contribution in [2.45, 2.75) is 6.54 Å². The van der Waals surface area contributed by atoms with Crippen LogP contribution in [0.3, 0.4) is 0 Å². The highest BCUT2D eigenvalue weighted by atomic mass is 16.5. The summed E-state index contributed by atoms with van der Waals surface area (Å²) in [6.07, 6.45) is 3.04. The second-order valence-corrected chi connectivity index (χ2v) is 6.63. The molecular formula is C22H24N2O5. The van der Waals surface area contributed by atoms with E-state index in [1.165, 1.54) is 12.1 Å². The number of nitrogens with zero attached hydrogens (tertiary/aromatic N) is 1. The summed E-state index contributed by atoms with van der Waals surface area (Å²) in [5, 5.41) is 11.8. The first-order valence-electron chi connectivity index (χ1n) is 9.35. The number of nitrogens with one attached hydrogen (secondary N) is 1. The minimum atomic E-state index is -1.09. The molecule has 0 saturated carbocycles. The number of carboxylic acid groups (broad SMARTS) is 1. The minimum Gasteiger partial charge on any atom is -0.496 e. The molecule has 0 aromatic heterocycles. The van der Waals surface area contributed by atoms with Gasteiger partial charge in [0.25, 0.3) is 0 Å². The summed E-state index contributed by atoms with van der Waals surface area (Å²) in [6, 6.07) is 12.1. The summed E-state index contributed by atoms with van der Waals surface area (Å²) in [4.78, 5) is 25.7. The molecule has 2 aromatic carbocycles. The zero-order chi connectivity index (χ0) is 20.6. The summed E-state index contributed by atoms with van der Waals surface area (Å²) in [5.41, 5.74) is 2.19. The van der Waals surface area contributed by atoms with Crippen molar-refractivity contribution in [2.24, 2.45) is 0 Å². The largest absolute Gasteiger partial charge is 0.496 e. The number of morpholine rings is 1. The van der Waals surface area contributed by atoms with Crippen molar-refractivity contribution in [1.82, 2.24) is 4.90 Å². The summed E-state index contributed by atoms with van der Waals surface area (Å²) in [5.74, 6) is -0.740. The van der Waals surface area contributed by atoms with E-state index in [-0.39, 0.29) is 11.3 Å². The lowest BCUT2D eigenvalue weighted by Gasteiger charge is -2.27. The number of carboxylic acids is 1. The van der Waals surface area contributed by atoms with Gasteiger partial charge in [-0.2, -0.15) is 0 Å². The SMILES string of the molecule is COc1cc(C=CC(=O)Nc2ccccc2C(=O)O)ccc1CN1CCOCC1. The van der Waals surface area contributed by atoms with Gasteiger partial charge >= 0.3 is 5.97 Å². The zero-order valence-electron chi connectivity index (χ0n) is 16.3. The average molecular weight is 396 g/mol. The number of rotatable bonds is 7. The zero-order valence-corrected chi connectivity index (χ0v) is 16.3. The third-order valence-corrected chi connectivity index (χ3v) is 4.65. The number of methoxy groups -OCH3 is 1. The second-order valence-electron chi connectivity index (χ2n) is 6.63. The van der Waals surface area contributed by atoms with E-state index in [1.54, 1.807) is 31.4 Å². The smallest absolute Gasteiger partial charge is 0.337 e. The first kappa shape index (κ1) is 20.6. The highest BCUT2D eigenvalue weighted by Crippen LogP contribution is 2.23. The normalized spacial score (nSPS) is 14.7. The van der Waals surface area contributed by atoms with E-state index in [0.717, 1.165) is 49.7 Å². The van der Waals surface area contributed by atoms with Crippen molar-refractivity contribution in [3.8, 4) is 5.75 Å². The van der Waals surface area contributed by atoms with Crippen molar-refractivity contribution in [3.05, 3.63) is 65.2 Å². The van der Waals surface area contributed by atoms with Gasteiger partial charge in [-0.25, -0.2) is 4.79 Å². The van der Waals surface area contributed by atoms with E-state index in [4.69, 9.17) is 9.47 Å². The number of aromatic carboxylic acids is 1. The van der Waals surface area contributed by atoms with Crippen LogP contribution < -0.4 is 10.1 Å². The van der Waals surface area contributed by atoms with Crippen molar-refractivity contribution < 1.29 is 24.2 Å². The number of ether oxygens (including phenoxy) is 2. The Morgan fingerprint density at radius 1 is 1.21 bits per heavy atom. The molecule has 1 heterocycles. The maximum absolute atomic E-state index is 12.2. The topological polar surface area (TPSA) is 88.1 Å². The maximum Gasteiger partial charge on any atom is 0.337 e. The average Bonchev–Trinajstić information content (AvgIpc) is 2.74. The van der Waals surface area contributed by atoms with Gasteiger partial charge in [0.05, 0.1) is 31.6 Å². The molecule has 1 aliphatic rings. The minimum absolute atomic E-state index is 0.0448. The van der Waals surface area contributed by atoms with Crippen molar-refractivity contribution in [2.75, 3.05) is 38.7 Å². The number of carbonyl (C=O) groups excluding carboxylic acids is 1. The maximum atomic E-state index is 12.2. The predicted octanol–water partition coefficient (Wildman–Crippen LogP) is 2.88. The van der Waals surface area contributed by atoms with Crippen LogP contribution in [-0.2, 0) is 16.1 Å². The molecule has 3 rings (SSSR count). The number of carbonyl (C=O) groups is 2. The standard InChI is InChI=1S/C22H24N2O5/c1-28-20-14-16(6-8-17(20)15-24-10-12-29-13-11-24)7-9-21(25)23-19-5-3-2-4-18(19)22(26)27/h2-9,14H,10-13,15H2,1H3,(H,23,25)(H,26,27). The Morgan fingerprint density at radius 3 is 2.69 bits per heavy atom. The van der Waals surface area contributed by atoms with Crippen LogP contribution in [0.1, 0.15) is 21.5 Å². The molecule has 1 amide bonds. The molecule has 7 heteroatoms. The van der Waals surface area contributed by atoms with Gasteiger partial charge in [0.1, 0.15) is 5.75 Å². The van der Waals surface area contributed by atoms with Crippen LogP contribution in [0.4, 0.5) is 5.69 Å².